The molecular formula is C12H14ClN3O2S2. The smallest absolute Gasteiger partial charge is 0.259 e. The van der Waals surface area contributed by atoms with E-state index in [2.05, 4.69) is 9.71 Å². The second kappa shape index (κ2) is 5.55. The van der Waals surface area contributed by atoms with E-state index in [4.69, 9.17) is 11.6 Å². The van der Waals surface area contributed by atoms with E-state index in [0.29, 0.717) is 17.4 Å². The average Bonchev–Trinajstić information content (AvgIpc) is 3.02. The van der Waals surface area contributed by atoms with Crippen molar-refractivity contribution in [3.8, 4) is 0 Å². The minimum absolute atomic E-state index is 0.00257. The van der Waals surface area contributed by atoms with E-state index >= 15 is 0 Å². The summed E-state index contributed by atoms with van der Waals surface area (Å²) in [7, 11) is -3.66. The number of thioether (sulfide) groups is 1. The number of imidazole rings is 1. The number of fused-ring (bicyclic) bond motifs is 1. The van der Waals surface area contributed by atoms with E-state index in [1.807, 2.05) is 0 Å². The van der Waals surface area contributed by atoms with Crippen LogP contribution in [0.3, 0.4) is 0 Å². The Kier molecular flexibility index (Phi) is 3.94. The quantitative estimate of drug-likeness (QED) is 0.932. The molecule has 1 aliphatic rings. The van der Waals surface area contributed by atoms with E-state index in [0.717, 1.165) is 18.6 Å². The predicted octanol–water partition coefficient (Wildman–Crippen LogP) is 2.16. The van der Waals surface area contributed by atoms with Gasteiger partial charge < -0.3 is 0 Å². The molecule has 1 N–H and O–H groups in total. The van der Waals surface area contributed by atoms with Gasteiger partial charge in [-0.05, 0) is 30.7 Å². The fraction of sp³-hybridized carbons (Fsp3) is 0.417. The van der Waals surface area contributed by atoms with Crippen molar-refractivity contribution in [2.24, 2.45) is 0 Å². The molecule has 1 saturated heterocycles. The summed E-state index contributed by atoms with van der Waals surface area (Å²) in [6, 6.07) is 5.26. The van der Waals surface area contributed by atoms with Gasteiger partial charge in [-0.15, -0.1) is 0 Å². The van der Waals surface area contributed by atoms with Crippen molar-refractivity contribution in [1.82, 2.24) is 14.1 Å². The summed E-state index contributed by atoms with van der Waals surface area (Å²) >= 11 is 7.80. The summed E-state index contributed by atoms with van der Waals surface area (Å²) in [5.74, 6) is 1.10. The molecule has 3 heterocycles. The molecule has 0 radical (unpaired) electrons. The average molecular weight is 332 g/mol. The van der Waals surface area contributed by atoms with Crippen molar-refractivity contribution in [2.45, 2.75) is 23.1 Å². The van der Waals surface area contributed by atoms with Gasteiger partial charge in [0.15, 0.2) is 10.2 Å². The summed E-state index contributed by atoms with van der Waals surface area (Å²) in [4.78, 5) is 4.06. The first kappa shape index (κ1) is 14.2. The summed E-state index contributed by atoms with van der Waals surface area (Å²) in [5, 5.41) is 0.364. The van der Waals surface area contributed by atoms with Crippen LogP contribution in [0.25, 0.3) is 5.65 Å². The monoisotopic (exact) mass is 331 g/mol. The van der Waals surface area contributed by atoms with Crippen LogP contribution in [0.5, 0.6) is 0 Å². The Morgan fingerprint density at radius 3 is 3.10 bits per heavy atom. The molecule has 2 aromatic heterocycles. The van der Waals surface area contributed by atoms with Gasteiger partial charge in [0.25, 0.3) is 10.0 Å². The lowest BCUT2D eigenvalue weighted by atomic mass is 10.2. The largest absolute Gasteiger partial charge is 0.288 e. The maximum absolute atomic E-state index is 12.4. The van der Waals surface area contributed by atoms with Gasteiger partial charge in [0.05, 0.1) is 0 Å². The van der Waals surface area contributed by atoms with Crippen LogP contribution in [-0.4, -0.2) is 35.4 Å². The first-order chi connectivity index (χ1) is 9.58. The van der Waals surface area contributed by atoms with Crippen LogP contribution in [-0.2, 0) is 10.0 Å². The maximum Gasteiger partial charge on any atom is 0.259 e. The molecule has 1 fully saturated rings. The van der Waals surface area contributed by atoms with Crippen molar-refractivity contribution in [1.29, 1.82) is 0 Å². The SMILES string of the molecule is O=S(=O)(NCC1CCCS1)c1c(Cl)nc2ccccn12. The van der Waals surface area contributed by atoms with E-state index in [9.17, 15) is 8.42 Å². The number of rotatable bonds is 4. The van der Waals surface area contributed by atoms with Gasteiger partial charge in [-0.3, -0.25) is 4.40 Å². The van der Waals surface area contributed by atoms with E-state index in [1.54, 1.807) is 36.2 Å². The van der Waals surface area contributed by atoms with Gasteiger partial charge >= 0.3 is 0 Å². The molecule has 8 heteroatoms. The van der Waals surface area contributed by atoms with Crippen molar-refractivity contribution in [3.63, 3.8) is 0 Å². The molecule has 5 nitrogen and oxygen atoms in total. The maximum atomic E-state index is 12.4. The standard InChI is InChI=1S/C12H14ClN3O2S2/c13-11-12(16-6-2-1-5-10(16)15-11)20(17,18)14-8-9-4-3-7-19-9/h1-2,5-6,9,14H,3-4,7-8H2. The summed E-state index contributed by atoms with van der Waals surface area (Å²) in [6.07, 6.45) is 3.84. The Hall–Kier alpha value is -0.760. The van der Waals surface area contributed by atoms with E-state index in [-0.39, 0.29) is 10.2 Å². The summed E-state index contributed by atoms with van der Waals surface area (Å²) in [5.41, 5.74) is 0.521. The van der Waals surface area contributed by atoms with Crippen LogP contribution in [0.15, 0.2) is 29.4 Å². The first-order valence-electron chi connectivity index (χ1n) is 6.32. The molecule has 0 aromatic carbocycles. The summed E-state index contributed by atoms with van der Waals surface area (Å²) < 4.78 is 29.0. The third-order valence-corrected chi connectivity index (χ3v) is 6.45. The fourth-order valence-corrected chi connectivity index (χ4v) is 5.29. The van der Waals surface area contributed by atoms with Crippen LogP contribution in [0.2, 0.25) is 5.15 Å². The Morgan fingerprint density at radius 2 is 2.35 bits per heavy atom. The normalized spacial score (nSPS) is 19.8. The number of hydrogen-bond donors (Lipinski definition) is 1. The lowest BCUT2D eigenvalue weighted by Crippen LogP contribution is -2.30. The Balaban J connectivity index is 1.90. The van der Waals surface area contributed by atoms with Crippen LogP contribution in [0.4, 0.5) is 0 Å². The van der Waals surface area contributed by atoms with E-state index < -0.39 is 10.0 Å². The van der Waals surface area contributed by atoms with Crippen LogP contribution >= 0.6 is 23.4 Å². The zero-order chi connectivity index (χ0) is 14.2. The van der Waals surface area contributed by atoms with Crippen molar-refractivity contribution >= 4 is 39.0 Å². The highest BCUT2D eigenvalue weighted by molar-refractivity contribution is 8.00. The molecule has 1 unspecified atom stereocenters. The molecule has 0 spiro atoms. The molecule has 0 bridgehead atoms. The Labute approximate surface area is 126 Å². The molecule has 108 valence electrons. The van der Waals surface area contributed by atoms with Crippen molar-refractivity contribution < 1.29 is 8.42 Å². The zero-order valence-corrected chi connectivity index (χ0v) is 13.0. The Bertz CT molecular complexity index is 723. The second-order valence-electron chi connectivity index (χ2n) is 4.62. The van der Waals surface area contributed by atoms with Gasteiger partial charge in [-0.25, -0.2) is 18.1 Å². The second-order valence-corrected chi connectivity index (χ2v) is 8.07. The number of halogens is 1. The molecule has 2 aromatic rings. The summed E-state index contributed by atoms with van der Waals surface area (Å²) in [6.45, 7) is 0.434. The topological polar surface area (TPSA) is 63.5 Å². The number of nitrogens with zero attached hydrogens (tertiary/aromatic N) is 2. The van der Waals surface area contributed by atoms with Crippen LogP contribution in [0.1, 0.15) is 12.8 Å². The highest BCUT2D eigenvalue weighted by atomic mass is 35.5. The molecule has 3 rings (SSSR count). The molecule has 0 aliphatic carbocycles. The third-order valence-electron chi connectivity index (χ3n) is 3.23. The van der Waals surface area contributed by atoms with Crippen molar-refractivity contribution in [3.05, 3.63) is 29.5 Å². The van der Waals surface area contributed by atoms with Crippen LogP contribution < -0.4 is 4.72 Å². The number of nitrogens with one attached hydrogen (secondary N) is 1. The van der Waals surface area contributed by atoms with Gasteiger partial charge in [-0.1, -0.05) is 17.7 Å². The molecule has 1 aliphatic heterocycles. The zero-order valence-electron chi connectivity index (χ0n) is 10.6. The van der Waals surface area contributed by atoms with Gasteiger partial charge in [-0.2, -0.15) is 11.8 Å². The minimum atomic E-state index is -3.66. The lowest BCUT2D eigenvalue weighted by molar-refractivity contribution is 0.574. The minimum Gasteiger partial charge on any atom is -0.288 e. The van der Waals surface area contributed by atoms with Gasteiger partial charge in [0, 0.05) is 18.0 Å². The van der Waals surface area contributed by atoms with Gasteiger partial charge in [0.1, 0.15) is 5.65 Å². The predicted molar refractivity (Wildman–Crippen MR) is 80.9 cm³/mol. The molecule has 20 heavy (non-hydrogen) atoms. The highest BCUT2D eigenvalue weighted by Gasteiger charge is 2.26. The number of hydrogen-bond acceptors (Lipinski definition) is 4. The Morgan fingerprint density at radius 1 is 1.50 bits per heavy atom. The third kappa shape index (κ3) is 2.67. The van der Waals surface area contributed by atoms with E-state index in [1.165, 1.54) is 4.40 Å². The van der Waals surface area contributed by atoms with Crippen LogP contribution in [0, 0.1) is 0 Å². The molecular weight excluding hydrogens is 318 g/mol. The molecule has 0 saturated carbocycles. The number of sulfonamides is 1. The molecule has 1 atom stereocenters. The fourth-order valence-electron chi connectivity index (χ4n) is 2.26. The van der Waals surface area contributed by atoms with Gasteiger partial charge in [0.2, 0.25) is 0 Å². The number of aromatic nitrogens is 2. The highest BCUT2D eigenvalue weighted by Crippen LogP contribution is 2.27. The van der Waals surface area contributed by atoms with Crippen molar-refractivity contribution in [2.75, 3.05) is 12.3 Å². The number of pyridine rings is 1. The lowest BCUT2D eigenvalue weighted by Gasteiger charge is -2.10. The first-order valence-corrected chi connectivity index (χ1v) is 9.23. The molecule has 0 amide bonds.